The van der Waals surface area contributed by atoms with Gasteiger partial charge in [0, 0.05) is 72.0 Å². The molecule has 10 aromatic rings. The van der Waals surface area contributed by atoms with Gasteiger partial charge in [0.2, 0.25) is 0 Å². The number of furan rings is 1. The molecule has 12 rings (SSSR count). The average Bonchev–Trinajstić information content (AvgIpc) is 4.07. The van der Waals surface area contributed by atoms with Gasteiger partial charge in [-0.2, -0.15) is 0 Å². The molecule has 2 aliphatic rings. The zero-order valence-electron chi connectivity index (χ0n) is 38.7. The van der Waals surface area contributed by atoms with Gasteiger partial charge in [-0.15, -0.1) is 0 Å². The van der Waals surface area contributed by atoms with Crippen molar-refractivity contribution in [1.82, 2.24) is 18.7 Å². The Balaban J connectivity index is 1.05. The summed E-state index contributed by atoms with van der Waals surface area (Å²) >= 11 is 0. The van der Waals surface area contributed by atoms with E-state index in [2.05, 4.69) is 189 Å². The normalized spacial score (nSPS) is 19.1. The monoisotopic (exact) mass is 850 g/mol. The van der Waals surface area contributed by atoms with Crippen molar-refractivity contribution >= 4 is 77.8 Å². The van der Waals surface area contributed by atoms with Gasteiger partial charge in [0.1, 0.15) is 11.1 Å². The summed E-state index contributed by atoms with van der Waals surface area (Å²) in [5, 5.41) is 6.39. The average molecular weight is 851 g/mol. The van der Waals surface area contributed by atoms with Crippen molar-refractivity contribution in [2.45, 2.75) is 97.6 Å². The summed E-state index contributed by atoms with van der Waals surface area (Å²) in [5.41, 5.74) is 15.0. The molecule has 2 aliphatic carbocycles. The van der Waals surface area contributed by atoms with Crippen LogP contribution in [0.2, 0.25) is 0 Å². The molecule has 0 fully saturated rings. The van der Waals surface area contributed by atoms with Crippen molar-refractivity contribution in [2.75, 3.05) is 0 Å². The second-order valence-electron chi connectivity index (χ2n) is 19.7. The maximum absolute atomic E-state index is 6.62. The summed E-state index contributed by atoms with van der Waals surface area (Å²) in [7, 11) is 0. The van der Waals surface area contributed by atoms with Crippen LogP contribution in [0.3, 0.4) is 0 Å². The van der Waals surface area contributed by atoms with Crippen LogP contribution in [-0.4, -0.2) is 18.7 Å². The molecule has 4 unspecified atom stereocenters. The number of hydrogen-bond donors (Lipinski definition) is 0. The zero-order valence-corrected chi connectivity index (χ0v) is 38.7. The second kappa shape index (κ2) is 14.7. The van der Waals surface area contributed by atoms with Crippen LogP contribution >= 0.6 is 0 Å². The molecule has 0 spiro atoms. The first-order valence-corrected chi connectivity index (χ1v) is 24.2. The van der Waals surface area contributed by atoms with Crippen molar-refractivity contribution in [3.63, 3.8) is 0 Å². The lowest BCUT2D eigenvalue weighted by molar-refractivity contribution is 0.0970. The molecule has 0 saturated heterocycles. The van der Waals surface area contributed by atoms with E-state index in [1.165, 1.54) is 71.7 Å². The number of nitrogens with zero attached hydrogens (tertiary/aromatic N) is 4. The Morgan fingerprint density at radius 3 is 2.15 bits per heavy atom. The van der Waals surface area contributed by atoms with Gasteiger partial charge in [0.05, 0.1) is 22.3 Å². The van der Waals surface area contributed by atoms with Crippen LogP contribution in [0.1, 0.15) is 102 Å². The molecule has 0 bridgehead atoms. The summed E-state index contributed by atoms with van der Waals surface area (Å²) in [4.78, 5) is 4.84. The first kappa shape index (κ1) is 40.0. The number of fused-ring (bicyclic) bond motifs is 12. The fraction of sp³-hybridized carbons (Fsp3) is 0.283. The minimum absolute atomic E-state index is 0.218. The number of allylic oxidation sites excluding steroid dienone is 2. The first-order valence-electron chi connectivity index (χ1n) is 24.2. The van der Waals surface area contributed by atoms with E-state index in [9.17, 15) is 0 Å². The van der Waals surface area contributed by atoms with E-state index in [1.807, 2.05) is 18.3 Å². The molecule has 4 atom stereocenters. The topological polar surface area (TPSA) is 40.8 Å². The summed E-state index contributed by atoms with van der Waals surface area (Å²) < 4.78 is 14.6. The first-order chi connectivity index (χ1) is 31.7. The molecule has 0 radical (unpaired) electrons. The highest BCUT2D eigenvalue weighted by molar-refractivity contribution is 6.09. The Labute approximate surface area is 381 Å². The highest BCUT2D eigenvalue weighted by Crippen LogP contribution is 2.55. The van der Waals surface area contributed by atoms with E-state index in [-0.39, 0.29) is 16.5 Å². The molecule has 324 valence electrons. The standard InChI is InChI=1S/C60H58N4O/c1-7-32-59(6,63-50-23-15-11-18-41(50)44-28-26-39(4)36-54(44)63)40-27-29-52-46(37-40)42-19-12-16-24-51(42)64(52)60(9-3,33-8-2)58(5)34-30-49-47(38-58)43-20-10-14-22-48(43)62(49)53-31-35-61-56-45-21-13-17-25-55(45)65-57(53)56/h10-31,34-35,37,39H,7-9,32-33,36,38H2,1-6H3. The van der Waals surface area contributed by atoms with Crippen LogP contribution in [-0.2, 0) is 23.9 Å². The summed E-state index contributed by atoms with van der Waals surface area (Å²) in [6.07, 6.45) is 19.0. The molecule has 0 aliphatic heterocycles. The lowest BCUT2D eigenvalue weighted by Gasteiger charge is -2.50. The zero-order chi connectivity index (χ0) is 44.2. The molecular formula is C60H58N4O. The maximum atomic E-state index is 6.62. The lowest BCUT2D eigenvalue weighted by atomic mass is 9.61. The van der Waals surface area contributed by atoms with Gasteiger partial charge in [-0.1, -0.05) is 138 Å². The van der Waals surface area contributed by atoms with Crippen LogP contribution in [0.15, 0.2) is 144 Å². The number of para-hydroxylation sites is 4. The third-order valence-electron chi connectivity index (χ3n) is 16.0. The van der Waals surface area contributed by atoms with E-state index in [0.717, 1.165) is 72.7 Å². The molecule has 5 heteroatoms. The van der Waals surface area contributed by atoms with Gasteiger partial charge < -0.3 is 18.1 Å². The predicted octanol–water partition coefficient (Wildman–Crippen LogP) is 15.9. The van der Waals surface area contributed by atoms with Crippen molar-refractivity contribution < 1.29 is 4.42 Å². The Morgan fingerprint density at radius 2 is 1.38 bits per heavy atom. The van der Waals surface area contributed by atoms with Crippen LogP contribution < -0.4 is 0 Å². The van der Waals surface area contributed by atoms with E-state index < -0.39 is 0 Å². The number of rotatable bonds is 10. The fourth-order valence-electron chi connectivity index (χ4n) is 13.1. The molecule has 5 aromatic heterocycles. The van der Waals surface area contributed by atoms with Crippen LogP contribution in [0, 0.1) is 11.3 Å². The minimum Gasteiger partial charge on any atom is -0.452 e. The third kappa shape index (κ3) is 5.54. The van der Waals surface area contributed by atoms with Gasteiger partial charge in [-0.25, -0.2) is 0 Å². The number of aromatic nitrogens is 4. The van der Waals surface area contributed by atoms with Gasteiger partial charge in [-0.05, 0) is 111 Å². The Kier molecular flexibility index (Phi) is 9.05. The largest absolute Gasteiger partial charge is 0.452 e. The highest BCUT2D eigenvalue weighted by atomic mass is 16.3. The summed E-state index contributed by atoms with van der Waals surface area (Å²) in [6.45, 7) is 14.6. The number of hydrogen-bond acceptors (Lipinski definition) is 2. The van der Waals surface area contributed by atoms with Crippen molar-refractivity contribution in [3.05, 3.63) is 168 Å². The summed E-state index contributed by atoms with van der Waals surface area (Å²) in [6, 6.07) is 45.2. The quantitative estimate of drug-likeness (QED) is 0.138. The minimum atomic E-state index is -0.235. The Bertz CT molecular complexity index is 3590. The number of benzene rings is 5. The molecule has 5 aromatic carbocycles. The third-order valence-corrected chi connectivity index (χ3v) is 16.0. The van der Waals surface area contributed by atoms with Crippen LogP contribution in [0.4, 0.5) is 0 Å². The van der Waals surface area contributed by atoms with Gasteiger partial charge in [-0.3, -0.25) is 4.98 Å². The Hall–Kier alpha value is -6.59. The summed E-state index contributed by atoms with van der Waals surface area (Å²) in [5.74, 6) is 0.503. The van der Waals surface area contributed by atoms with E-state index in [0.29, 0.717) is 5.92 Å². The van der Waals surface area contributed by atoms with E-state index in [4.69, 9.17) is 9.40 Å². The van der Waals surface area contributed by atoms with Crippen LogP contribution in [0.25, 0.3) is 83.5 Å². The molecule has 0 amide bonds. The molecular weight excluding hydrogens is 793 g/mol. The van der Waals surface area contributed by atoms with Gasteiger partial charge >= 0.3 is 0 Å². The fourth-order valence-corrected chi connectivity index (χ4v) is 13.1. The van der Waals surface area contributed by atoms with Crippen molar-refractivity contribution in [2.24, 2.45) is 11.3 Å². The molecule has 0 saturated carbocycles. The smallest absolute Gasteiger partial charge is 0.177 e. The molecule has 5 heterocycles. The van der Waals surface area contributed by atoms with Gasteiger partial charge in [0.25, 0.3) is 0 Å². The highest BCUT2D eigenvalue weighted by Gasteiger charge is 2.49. The van der Waals surface area contributed by atoms with Gasteiger partial charge in [0.15, 0.2) is 5.58 Å². The van der Waals surface area contributed by atoms with Crippen molar-refractivity contribution in [1.29, 1.82) is 0 Å². The predicted molar refractivity (Wildman–Crippen MR) is 273 cm³/mol. The van der Waals surface area contributed by atoms with E-state index >= 15 is 0 Å². The lowest BCUT2D eigenvalue weighted by Crippen LogP contribution is -2.49. The van der Waals surface area contributed by atoms with Crippen LogP contribution in [0.5, 0.6) is 0 Å². The SMILES string of the molecule is CCCC(C)(c1ccc2c(c1)c1ccccc1n2C(CC)(CCC)C1(C)C=Cc2c(c3ccccc3n2-c2ccnc3c2oc2ccccc23)C1)n1c2c(c3ccccc31)C=CC(C)C2. The molecule has 65 heavy (non-hydrogen) atoms. The molecule has 0 N–H and O–H groups in total. The van der Waals surface area contributed by atoms with Crippen molar-refractivity contribution in [3.8, 4) is 5.69 Å². The molecule has 5 nitrogen and oxygen atoms in total. The second-order valence-corrected chi connectivity index (χ2v) is 19.7. The maximum Gasteiger partial charge on any atom is 0.177 e. The number of pyridine rings is 1. The Morgan fingerprint density at radius 1 is 0.708 bits per heavy atom. The van der Waals surface area contributed by atoms with E-state index in [1.54, 1.807) is 0 Å².